The van der Waals surface area contributed by atoms with E-state index < -0.39 is 10.0 Å². The number of nitrogens with one attached hydrogen (secondary N) is 1. The molecule has 0 amide bonds. The normalized spacial score (nSPS) is 19.0. The van der Waals surface area contributed by atoms with Gasteiger partial charge in [-0.15, -0.1) is 11.3 Å². The van der Waals surface area contributed by atoms with Crippen LogP contribution in [0, 0.1) is 6.92 Å². The Labute approximate surface area is 171 Å². The lowest BCUT2D eigenvalue weighted by atomic mass is 10.0. The quantitative estimate of drug-likeness (QED) is 0.776. The molecule has 8 heteroatoms. The third kappa shape index (κ3) is 4.11. The van der Waals surface area contributed by atoms with Crippen LogP contribution in [0.4, 0.5) is 5.69 Å². The molecule has 6 nitrogen and oxygen atoms in total. The molecule has 0 radical (unpaired) electrons. The summed E-state index contributed by atoms with van der Waals surface area (Å²) < 4.78 is 34.2. The van der Waals surface area contributed by atoms with Gasteiger partial charge in [0.25, 0.3) is 0 Å². The molecule has 0 spiro atoms. The van der Waals surface area contributed by atoms with Crippen LogP contribution in [0.15, 0.2) is 34.5 Å². The first-order valence-corrected chi connectivity index (χ1v) is 12.0. The largest absolute Gasteiger partial charge is 0.379 e. The number of fused-ring (bicyclic) bond motifs is 1. The molecule has 3 heterocycles. The lowest BCUT2D eigenvalue weighted by Gasteiger charge is -2.35. The second kappa shape index (κ2) is 8.12. The molecule has 0 aliphatic carbocycles. The van der Waals surface area contributed by atoms with Crippen LogP contribution in [0.1, 0.15) is 22.0 Å². The molecule has 28 heavy (non-hydrogen) atoms. The summed E-state index contributed by atoms with van der Waals surface area (Å²) in [5, 5.41) is 0. The molecular formula is C20H27N3O3S2. The van der Waals surface area contributed by atoms with Crippen molar-refractivity contribution in [1.82, 2.24) is 9.62 Å². The third-order valence-electron chi connectivity index (χ3n) is 5.55. The van der Waals surface area contributed by atoms with Crippen molar-refractivity contribution in [3.8, 4) is 0 Å². The first-order valence-electron chi connectivity index (χ1n) is 9.66. The van der Waals surface area contributed by atoms with Crippen LogP contribution in [0.3, 0.4) is 0 Å². The molecule has 1 saturated heterocycles. The van der Waals surface area contributed by atoms with E-state index in [9.17, 15) is 8.42 Å². The van der Waals surface area contributed by atoms with E-state index in [0.29, 0.717) is 24.0 Å². The fourth-order valence-electron chi connectivity index (χ4n) is 3.96. The van der Waals surface area contributed by atoms with E-state index in [4.69, 9.17) is 4.74 Å². The molecule has 1 N–H and O–H groups in total. The number of benzene rings is 1. The van der Waals surface area contributed by atoms with E-state index in [1.54, 1.807) is 6.07 Å². The van der Waals surface area contributed by atoms with Crippen LogP contribution in [0.25, 0.3) is 0 Å². The van der Waals surface area contributed by atoms with E-state index in [0.717, 1.165) is 30.9 Å². The Morgan fingerprint density at radius 3 is 2.68 bits per heavy atom. The zero-order valence-electron chi connectivity index (χ0n) is 16.3. The molecule has 1 fully saturated rings. The molecule has 1 aromatic heterocycles. The maximum atomic E-state index is 12.7. The van der Waals surface area contributed by atoms with Crippen molar-refractivity contribution in [3.05, 3.63) is 46.3 Å². The number of thiophene rings is 1. The number of nitrogens with zero attached hydrogens (tertiary/aromatic N) is 2. The minimum Gasteiger partial charge on any atom is -0.379 e. The highest BCUT2D eigenvalue weighted by Crippen LogP contribution is 2.31. The number of morpholine rings is 1. The van der Waals surface area contributed by atoms with E-state index in [-0.39, 0.29) is 6.04 Å². The van der Waals surface area contributed by atoms with Gasteiger partial charge in [0.15, 0.2) is 0 Å². The van der Waals surface area contributed by atoms with E-state index in [1.165, 1.54) is 28.2 Å². The predicted octanol–water partition coefficient (Wildman–Crippen LogP) is 2.40. The topological polar surface area (TPSA) is 61.9 Å². The molecule has 0 saturated carbocycles. The van der Waals surface area contributed by atoms with Gasteiger partial charge in [-0.3, -0.25) is 4.90 Å². The SMILES string of the molecule is Cc1ccc(S(=O)(=O)NC[C@@H](c2ccc3c(c2)CCN3C)N2CCOCC2)s1. The van der Waals surface area contributed by atoms with Crippen molar-refractivity contribution >= 4 is 27.0 Å². The Balaban J connectivity index is 1.57. The van der Waals surface area contributed by atoms with Gasteiger partial charge in [0.1, 0.15) is 4.21 Å². The van der Waals surface area contributed by atoms with Crippen LogP contribution >= 0.6 is 11.3 Å². The first-order chi connectivity index (χ1) is 13.4. The average molecular weight is 422 g/mol. The van der Waals surface area contributed by atoms with Crippen LogP contribution in [-0.2, 0) is 21.2 Å². The summed E-state index contributed by atoms with van der Waals surface area (Å²) in [4.78, 5) is 5.59. The Hall–Kier alpha value is -1.45. The molecule has 2 aromatic rings. The second-order valence-corrected chi connectivity index (χ2v) is 10.7. The predicted molar refractivity (Wildman–Crippen MR) is 113 cm³/mol. The number of sulfonamides is 1. The van der Waals surface area contributed by atoms with Gasteiger partial charge in [-0.1, -0.05) is 12.1 Å². The summed E-state index contributed by atoms with van der Waals surface area (Å²) in [5.41, 5.74) is 3.79. The number of rotatable bonds is 6. The lowest BCUT2D eigenvalue weighted by molar-refractivity contribution is 0.0172. The van der Waals surface area contributed by atoms with Gasteiger partial charge >= 0.3 is 0 Å². The summed E-state index contributed by atoms with van der Waals surface area (Å²) in [7, 11) is -1.39. The van der Waals surface area contributed by atoms with Crippen LogP contribution in [0.2, 0.25) is 0 Å². The summed E-state index contributed by atoms with van der Waals surface area (Å²) >= 11 is 1.30. The number of anilines is 1. The minimum atomic E-state index is -3.50. The highest BCUT2D eigenvalue weighted by atomic mass is 32.2. The molecule has 0 unspecified atom stereocenters. The standard InChI is InChI=1S/C20H27N3O3S2/c1-15-3-6-20(27-15)28(24,25)21-14-19(23-9-11-26-12-10-23)16-4-5-18-17(13-16)7-8-22(18)2/h3-6,13,19,21H,7-12,14H2,1-2H3/t19-/m0/s1. The van der Waals surface area contributed by atoms with E-state index in [2.05, 4.69) is 39.8 Å². The van der Waals surface area contributed by atoms with Crippen molar-refractivity contribution in [2.75, 3.05) is 51.3 Å². The molecular weight excluding hydrogens is 394 g/mol. The van der Waals surface area contributed by atoms with Gasteiger partial charge in [-0.25, -0.2) is 13.1 Å². The van der Waals surface area contributed by atoms with Gasteiger partial charge in [-0.2, -0.15) is 0 Å². The van der Waals surface area contributed by atoms with Crippen molar-refractivity contribution < 1.29 is 13.2 Å². The van der Waals surface area contributed by atoms with Crippen LogP contribution in [-0.4, -0.2) is 59.8 Å². The molecule has 4 rings (SSSR count). The van der Waals surface area contributed by atoms with Gasteiger partial charge in [0.05, 0.1) is 13.2 Å². The number of likely N-dealkylation sites (N-methyl/N-ethyl adjacent to an activating group) is 1. The smallest absolute Gasteiger partial charge is 0.250 e. The lowest BCUT2D eigenvalue weighted by Crippen LogP contribution is -2.43. The summed E-state index contributed by atoms with van der Waals surface area (Å²) in [6.45, 7) is 6.28. The van der Waals surface area contributed by atoms with Gasteiger partial charge in [0.2, 0.25) is 10.0 Å². The van der Waals surface area contributed by atoms with Crippen molar-refractivity contribution in [1.29, 1.82) is 0 Å². The maximum absolute atomic E-state index is 12.7. The summed E-state index contributed by atoms with van der Waals surface area (Å²) in [6, 6.07) is 10.1. The molecule has 0 bridgehead atoms. The van der Waals surface area contributed by atoms with Crippen LogP contribution in [0.5, 0.6) is 0 Å². The number of ether oxygens (including phenoxy) is 1. The Morgan fingerprint density at radius 2 is 1.96 bits per heavy atom. The molecule has 2 aliphatic heterocycles. The van der Waals surface area contributed by atoms with Crippen molar-refractivity contribution in [2.24, 2.45) is 0 Å². The zero-order chi connectivity index (χ0) is 19.7. The monoisotopic (exact) mass is 421 g/mol. The number of hydrogen-bond acceptors (Lipinski definition) is 6. The second-order valence-electron chi connectivity index (χ2n) is 7.44. The Kier molecular flexibility index (Phi) is 5.76. The average Bonchev–Trinajstić information content (AvgIpc) is 3.29. The Bertz CT molecular complexity index is 936. The highest BCUT2D eigenvalue weighted by Gasteiger charge is 2.27. The first kappa shape index (κ1) is 19.8. The molecule has 2 aliphatic rings. The van der Waals surface area contributed by atoms with Gasteiger partial charge in [0, 0.05) is 49.8 Å². The van der Waals surface area contributed by atoms with Crippen LogP contribution < -0.4 is 9.62 Å². The van der Waals surface area contributed by atoms with Crippen molar-refractivity contribution in [3.63, 3.8) is 0 Å². The van der Waals surface area contributed by atoms with Crippen molar-refractivity contribution in [2.45, 2.75) is 23.6 Å². The Morgan fingerprint density at radius 1 is 1.18 bits per heavy atom. The number of hydrogen-bond donors (Lipinski definition) is 1. The van der Waals surface area contributed by atoms with E-state index >= 15 is 0 Å². The van der Waals surface area contributed by atoms with E-state index in [1.807, 2.05) is 13.0 Å². The third-order valence-corrected chi connectivity index (χ3v) is 8.47. The highest BCUT2D eigenvalue weighted by molar-refractivity contribution is 7.91. The molecule has 152 valence electrons. The summed E-state index contributed by atoms with van der Waals surface area (Å²) in [5.74, 6) is 0. The minimum absolute atomic E-state index is 0.00376. The van der Waals surface area contributed by atoms with Gasteiger partial charge < -0.3 is 9.64 Å². The number of aryl methyl sites for hydroxylation is 1. The maximum Gasteiger partial charge on any atom is 0.250 e. The molecule has 1 atom stereocenters. The molecule has 1 aromatic carbocycles. The van der Waals surface area contributed by atoms with Gasteiger partial charge in [-0.05, 0) is 42.7 Å². The fraction of sp³-hybridized carbons (Fsp3) is 0.500. The zero-order valence-corrected chi connectivity index (χ0v) is 18.0. The fourth-order valence-corrected chi connectivity index (χ4v) is 6.32. The summed E-state index contributed by atoms with van der Waals surface area (Å²) in [6.07, 6.45) is 1.04.